The monoisotopic (exact) mass is 243 g/mol. The molecule has 0 N–H and O–H groups in total. The number of carbonyl (C=O) groups is 1. The molecule has 0 aliphatic carbocycles. The molecule has 0 spiro atoms. The predicted octanol–water partition coefficient (Wildman–Crippen LogP) is 2.97. The molecule has 2 rings (SSSR count). The Kier molecular flexibility index (Phi) is 4.18. The Labute approximate surface area is 105 Å². The lowest BCUT2D eigenvalue weighted by Crippen LogP contribution is -2.04. The van der Waals surface area contributed by atoms with E-state index in [4.69, 9.17) is 0 Å². The second kappa shape index (κ2) is 6.05. The van der Waals surface area contributed by atoms with E-state index >= 15 is 0 Å². The number of pyridine rings is 1. The topological polar surface area (TPSA) is 30.0 Å². The third-order valence-corrected chi connectivity index (χ3v) is 2.76. The molecule has 0 radical (unpaired) electrons. The maximum Gasteiger partial charge on any atom is 0.137 e. The summed E-state index contributed by atoms with van der Waals surface area (Å²) in [6.45, 7) is 0. The Morgan fingerprint density at radius 1 is 1.00 bits per heavy atom. The lowest BCUT2D eigenvalue weighted by Gasteiger charge is -2.02. The van der Waals surface area contributed by atoms with E-state index in [1.165, 1.54) is 12.1 Å². The molecule has 0 saturated carbocycles. The second-order valence-corrected chi connectivity index (χ2v) is 4.20. The van der Waals surface area contributed by atoms with Gasteiger partial charge in [0.25, 0.3) is 0 Å². The van der Waals surface area contributed by atoms with Crippen molar-refractivity contribution >= 4 is 5.78 Å². The predicted molar refractivity (Wildman–Crippen MR) is 67.7 cm³/mol. The zero-order valence-electron chi connectivity index (χ0n) is 9.97. The summed E-state index contributed by atoms with van der Waals surface area (Å²) in [5.41, 5.74) is 1.97. The molecule has 1 aromatic heterocycles. The van der Waals surface area contributed by atoms with Crippen LogP contribution >= 0.6 is 0 Å². The first-order valence-electron chi connectivity index (χ1n) is 5.89. The van der Waals surface area contributed by atoms with Crippen molar-refractivity contribution in [2.45, 2.75) is 19.3 Å². The first-order chi connectivity index (χ1) is 8.74. The zero-order chi connectivity index (χ0) is 12.8. The molecule has 0 aliphatic rings. The van der Waals surface area contributed by atoms with E-state index in [9.17, 15) is 9.18 Å². The second-order valence-electron chi connectivity index (χ2n) is 4.20. The van der Waals surface area contributed by atoms with Gasteiger partial charge < -0.3 is 0 Å². The van der Waals surface area contributed by atoms with Gasteiger partial charge in [0.2, 0.25) is 0 Å². The summed E-state index contributed by atoms with van der Waals surface area (Å²) in [4.78, 5) is 15.7. The Morgan fingerprint density at radius 3 is 2.33 bits per heavy atom. The van der Waals surface area contributed by atoms with E-state index in [0.717, 1.165) is 17.5 Å². The molecular formula is C15H14FNO. The van der Waals surface area contributed by atoms with E-state index in [-0.39, 0.29) is 11.6 Å². The fraction of sp³-hybridized carbons (Fsp3) is 0.200. The van der Waals surface area contributed by atoms with Crippen LogP contribution in [0.2, 0.25) is 0 Å². The number of halogens is 1. The number of carbonyl (C=O) groups excluding carboxylic acids is 1. The molecule has 0 fully saturated rings. The summed E-state index contributed by atoms with van der Waals surface area (Å²) in [6.07, 6.45) is 5.04. The number of ketones is 1. The van der Waals surface area contributed by atoms with Gasteiger partial charge in [0.1, 0.15) is 11.6 Å². The first-order valence-corrected chi connectivity index (χ1v) is 5.89. The molecule has 0 saturated heterocycles. The van der Waals surface area contributed by atoms with Crippen LogP contribution in [0.4, 0.5) is 4.39 Å². The molecule has 1 aromatic carbocycles. The van der Waals surface area contributed by atoms with Crippen molar-refractivity contribution in [3.05, 3.63) is 65.7 Å². The first kappa shape index (κ1) is 12.4. The lowest BCUT2D eigenvalue weighted by atomic mass is 10.0. The van der Waals surface area contributed by atoms with Crippen molar-refractivity contribution in [2.75, 3.05) is 0 Å². The fourth-order valence-electron chi connectivity index (χ4n) is 1.75. The molecule has 0 atom stereocenters. The van der Waals surface area contributed by atoms with Crippen LogP contribution in [0.15, 0.2) is 48.8 Å². The van der Waals surface area contributed by atoms with Gasteiger partial charge in [-0.2, -0.15) is 0 Å². The molecule has 3 heteroatoms. The normalized spacial score (nSPS) is 10.3. The molecule has 2 aromatic rings. The Balaban J connectivity index is 1.84. The maximum absolute atomic E-state index is 12.7. The maximum atomic E-state index is 12.7. The number of Topliss-reactive ketones (excluding diaryl/α,β-unsaturated/α-hetero) is 1. The number of aromatic nitrogens is 1. The Hall–Kier alpha value is -2.03. The third-order valence-electron chi connectivity index (χ3n) is 2.76. The standard InChI is InChI=1S/C15H14FNO/c16-14-4-1-13(2-5-14)11-15(18)6-3-12-7-9-17-10-8-12/h1-2,4-5,7-10H,3,6,11H2. The largest absolute Gasteiger partial charge is 0.299 e. The molecular weight excluding hydrogens is 229 g/mol. The van der Waals surface area contributed by atoms with Crippen LogP contribution in [0.3, 0.4) is 0 Å². The highest BCUT2D eigenvalue weighted by Gasteiger charge is 2.04. The molecule has 92 valence electrons. The third kappa shape index (κ3) is 3.77. The lowest BCUT2D eigenvalue weighted by molar-refractivity contribution is -0.118. The van der Waals surface area contributed by atoms with Gasteiger partial charge in [-0.3, -0.25) is 9.78 Å². The minimum Gasteiger partial charge on any atom is -0.299 e. The molecule has 0 amide bonds. The van der Waals surface area contributed by atoms with Crippen LogP contribution in [0, 0.1) is 5.82 Å². The Morgan fingerprint density at radius 2 is 1.67 bits per heavy atom. The molecule has 0 aliphatic heterocycles. The van der Waals surface area contributed by atoms with Crippen molar-refractivity contribution in [3.63, 3.8) is 0 Å². The van der Waals surface area contributed by atoms with Crippen molar-refractivity contribution in [3.8, 4) is 0 Å². The zero-order valence-corrected chi connectivity index (χ0v) is 9.97. The van der Waals surface area contributed by atoms with Crippen LogP contribution in [-0.2, 0) is 17.6 Å². The van der Waals surface area contributed by atoms with Crippen LogP contribution < -0.4 is 0 Å². The van der Waals surface area contributed by atoms with Crippen LogP contribution in [0.1, 0.15) is 17.5 Å². The highest BCUT2D eigenvalue weighted by molar-refractivity contribution is 5.81. The van der Waals surface area contributed by atoms with Crippen molar-refractivity contribution in [1.82, 2.24) is 4.98 Å². The molecule has 1 heterocycles. The van der Waals surface area contributed by atoms with E-state index in [2.05, 4.69) is 4.98 Å². The van der Waals surface area contributed by atoms with Gasteiger partial charge in [-0.25, -0.2) is 4.39 Å². The average molecular weight is 243 g/mol. The smallest absolute Gasteiger partial charge is 0.137 e. The number of nitrogens with zero attached hydrogens (tertiary/aromatic N) is 1. The van der Waals surface area contributed by atoms with Gasteiger partial charge in [-0.1, -0.05) is 12.1 Å². The van der Waals surface area contributed by atoms with E-state index < -0.39 is 0 Å². The van der Waals surface area contributed by atoms with Gasteiger partial charge in [0, 0.05) is 25.2 Å². The van der Waals surface area contributed by atoms with E-state index in [1.54, 1.807) is 24.5 Å². The quantitative estimate of drug-likeness (QED) is 0.808. The molecule has 0 bridgehead atoms. The summed E-state index contributed by atoms with van der Waals surface area (Å²) in [5, 5.41) is 0. The number of rotatable bonds is 5. The highest BCUT2D eigenvalue weighted by atomic mass is 19.1. The number of hydrogen-bond donors (Lipinski definition) is 0. The van der Waals surface area contributed by atoms with Crippen molar-refractivity contribution in [1.29, 1.82) is 0 Å². The molecule has 18 heavy (non-hydrogen) atoms. The summed E-state index contributed by atoms with van der Waals surface area (Å²) in [7, 11) is 0. The number of aryl methyl sites for hydroxylation is 1. The van der Waals surface area contributed by atoms with Gasteiger partial charge in [-0.15, -0.1) is 0 Å². The van der Waals surface area contributed by atoms with E-state index in [1.807, 2.05) is 12.1 Å². The molecule has 0 unspecified atom stereocenters. The fourth-order valence-corrected chi connectivity index (χ4v) is 1.75. The van der Waals surface area contributed by atoms with Crippen LogP contribution in [-0.4, -0.2) is 10.8 Å². The molecule has 2 nitrogen and oxygen atoms in total. The van der Waals surface area contributed by atoms with Crippen LogP contribution in [0.25, 0.3) is 0 Å². The van der Waals surface area contributed by atoms with Gasteiger partial charge in [0.05, 0.1) is 0 Å². The Bertz CT molecular complexity index is 508. The minimum absolute atomic E-state index is 0.165. The van der Waals surface area contributed by atoms with E-state index in [0.29, 0.717) is 12.8 Å². The average Bonchev–Trinajstić information content (AvgIpc) is 2.40. The summed E-state index contributed by atoms with van der Waals surface area (Å²) in [5.74, 6) is -0.110. The minimum atomic E-state index is -0.275. The van der Waals surface area contributed by atoms with Crippen molar-refractivity contribution in [2.24, 2.45) is 0 Å². The van der Waals surface area contributed by atoms with Crippen molar-refractivity contribution < 1.29 is 9.18 Å². The van der Waals surface area contributed by atoms with Gasteiger partial charge >= 0.3 is 0 Å². The van der Waals surface area contributed by atoms with Gasteiger partial charge in [-0.05, 0) is 41.8 Å². The highest BCUT2D eigenvalue weighted by Crippen LogP contribution is 2.07. The SMILES string of the molecule is O=C(CCc1ccncc1)Cc1ccc(F)cc1. The summed E-state index contributed by atoms with van der Waals surface area (Å²) >= 11 is 0. The number of hydrogen-bond acceptors (Lipinski definition) is 2. The number of benzene rings is 1. The van der Waals surface area contributed by atoms with Gasteiger partial charge in [0.15, 0.2) is 0 Å². The summed E-state index contributed by atoms with van der Waals surface area (Å²) in [6, 6.07) is 9.88. The summed E-state index contributed by atoms with van der Waals surface area (Å²) < 4.78 is 12.7. The van der Waals surface area contributed by atoms with Crippen LogP contribution in [0.5, 0.6) is 0 Å².